The van der Waals surface area contributed by atoms with Crippen LogP contribution < -0.4 is 10.6 Å². The van der Waals surface area contributed by atoms with Crippen molar-refractivity contribution in [3.05, 3.63) is 65.3 Å². The zero-order valence-electron chi connectivity index (χ0n) is 16.4. The molecule has 0 aliphatic carbocycles. The van der Waals surface area contributed by atoms with Crippen molar-refractivity contribution in [3.63, 3.8) is 0 Å². The number of carbonyl (C=O) groups excluding carboxylic acids is 2. The zero-order valence-corrected chi connectivity index (χ0v) is 17.2. The fourth-order valence-electron chi connectivity index (χ4n) is 3.11. The number of fused-ring (bicyclic) bond motifs is 1. The van der Waals surface area contributed by atoms with E-state index in [0.29, 0.717) is 29.5 Å². The SMILES string of the molecule is CCN(CC(=O)Nc1ccc(NC(C)=O)cc1)Cc1cc(Cl)cc2cccnc12. The Morgan fingerprint density at radius 2 is 1.76 bits per heavy atom. The Morgan fingerprint density at radius 3 is 2.41 bits per heavy atom. The minimum Gasteiger partial charge on any atom is -0.326 e. The highest BCUT2D eigenvalue weighted by Crippen LogP contribution is 2.23. The number of nitrogens with zero attached hydrogens (tertiary/aromatic N) is 2. The molecule has 0 radical (unpaired) electrons. The number of benzene rings is 2. The van der Waals surface area contributed by atoms with Crippen molar-refractivity contribution in [1.82, 2.24) is 9.88 Å². The van der Waals surface area contributed by atoms with E-state index in [9.17, 15) is 9.59 Å². The van der Waals surface area contributed by atoms with Crippen LogP contribution in [0.4, 0.5) is 11.4 Å². The lowest BCUT2D eigenvalue weighted by Crippen LogP contribution is -2.32. The van der Waals surface area contributed by atoms with Crippen LogP contribution in [-0.2, 0) is 16.1 Å². The average molecular weight is 411 g/mol. The molecule has 150 valence electrons. The number of hydrogen-bond acceptors (Lipinski definition) is 4. The summed E-state index contributed by atoms with van der Waals surface area (Å²) in [6.07, 6.45) is 1.76. The van der Waals surface area contributed by atoms with Crippen LogP contribution in [0, 0.1) is 0 Å². The van der Waals surface area contributed by atoms with Gasteiger partial charge >= 0.3 is 0 Å². The molecule has 0 spiro atoms. The molecule has 0 fully saturated rings. The molecule has 3 rings (SSSR count). The maximum Gasteiger partial charge on any atom is 0.238 e. The maximum atomic E-state index is 12.5. The highest BCUT2D eigenvalue weighted by molar-refractivity contribution is 6.31. The largest absolute Gasteiger partial charge is 0.326 e. The van der Waals surface area contributed by atoms with E-state index in [1.54, 1.807) is 30.5 Å². The van der Waals surface area contributed by atoms with E-state index in [2.05, 4.69) is 15.6 Å². The summed E-state index contributed by atoms with van der Waals surface area (Å²) in [6.45, 7) is 4.98. The molecule has 0 atom stereocenters. The molecule has 0 saturated heterocycles. The van der Waals surface area contributed by atoms with E-state index < -0.39 is 0 Å². The van der Waals surface area contributed by atoms with Crippen molar-refractivity contribution in [2.24, 2.45) is 0 Å². The van der Waals surface area contributed by atoms with Crippen molar-refractivity contribution < 1.29 is 9.59 Å². The molecule has 29 heavy (non-hydrogen) atoms. The van der Waals surface area contributed by atoms with Gasteiger partial charge in [0.15, 0.2) is 0 Å². The number of pyridine rings is 1. The Morgan fingerprint density at radius 1 is 1.07 bits per heavy atom. The maximum absolute atomic E-state index is 12.5. The van der Waals surface area contributed by atoms with Crippen molar-refractivity contribution in [3.8, 4) is 0 Å². The van der Waals surface area contributed by atoms with Crippen LogP contribution in [0.2, 0.25) is 5.02 Å². The van der Waals surface area contributed by atoms with Crippen LogP contribution in [0.1, 0.15) is 19.4 Å². The van der Waals surface area contributed by atoms with Crippen molar-refractivity contribution in [1.29, 1.82) is 0 Å². The van der Waals surface area contributed by atoms with Crippen molar-refractivity contribution >= 4 is 45.7 Å². The minimum atomic E-state index is -0.136. The molecule has 0 unspecified atom stereocenters. The lowest BCUT2D eigenvalue weighted by atomic mass is 10.1. The molecule has 2 amide bonds. The Hall–Kier alpha value is -2.96. The molecule has 1 aromatic heterocycles. The van der Waals surface area contributed by atoms with Gasteiger partial charge in [0.25, 0.3) is 0 Å². The van der Waals surface area contributed by atoms with Crippen LogP contribution in [0.15, 0.2) is 54.7 Å². The second-order valence-corrected chi connectivity index (χ2v) is 7.19. The molecule has 2 N–H and O–H groups in total. The van der Waals surface area contributed by atoms with Crippen LogP contribution in [0.25, 0.3) is 10.9 Å². The van der Waals surface area contributed by atoms with Gasteiger partial charge in [-0.25, -0.2) is 0 Å². The number of nitrogens with one attached hydrogen (secondary N) is 2. The number of amides is 2. The van der Waals surface area contributed by atoms with Gasteiger partial charge in [-0.2, -0.15) is 0 Å². The van der Waals surface area contributed by atoms with E-state index in [1.165, 1.54) is 6.92 Å². The van der Waals surface area contributed by atoms with E-state index in [-0.39, 0.29) is 18.4 Å². The van der Waals surface area contributed by atoms with Gasteiger partial charge in [-0.05, 0) is 54.6 Å². The first-order valence-electron chi connectivity index (χ1n) is 9.37. The first-order chi connectivity index (χ1) is 13.9. The first kappa shape index (κ1) is 20.8. The van der Waals surface area contributed by atoms with Crippen LogP contribution in [0.3, 0.4) is 0 Å². The molecule has 0 bridgehead atoms. The predicted molar refractivity (Wildman–Crippen MR) is 117 cm³/mol. The Labute approximate surface area is 174 Å². The Balaban J connectivity index is 1.65. The normalized spacial score (nSPS) is 10.9. The standard InChI is InChI=1S/C22H23ClN4O2/c1-3-27(13-17-12-18(23)11-16-5-4-10-24-22(16)17)14-21(29)26-20-8-6-19(7-9-20)25-15(2)28/h4-12H,3,13-14H2,1-2H3,(H,25,28)(H,26,29). The average Bonchev–Trinajstić information content (AvgIpc) is 2.68. The monoisotopic (exact) mass is 410 g/mol. The summed E-state index contributed by atoms with van der Waals surface area (Å²) < 4.78 is 0. The van der Waals surface area contributed by atoms with Gasteiger partial charge in [0, 0.05) is 41.4 Å². The number of rotatable bonds is 7. The molecule has 0 saturated carbocycles. The van der Waals surface area contributed by atoms with E-state index >= 15 is 0 Å². The first-order valence-corrected chi connectivity index (χ1v) is 9.75. The molecule has 0 aliphatic heterocycles. The van der Waals surface area contributed by atoms with Crippen LogP contribution >= 0.6 is 11.6 Å². The van der Waals surface area contributed by atoms with Crippen molar-refractivity contribution in [2.75, 3.05) is 23.7 Å². The van der Waals surface area contributed by atoms with E-state index in [1.807, 2.05) is 36.1 Å². The summed E-state index contributed by atoms with van der Waals surface area (Å²) in [5.41, 5.74) is 3.24. The van der Waals surface area contributed by atoms with Gasteiger partial charge in [0.2, 0.25) is 11.8 Å². The van der Waals surface area contributed by atoms with Crippen LogP contribution in [-0.4, -0.2) is 34.8 Å². The third-order valence-corrected chi connectivity index (χ3v) is 4.66. The minimum absolute atomic E-state index is 0.113. The van der Waals surface area contributed by atoms with Gasteiger partial charge in [-0.3, -0.25) is 19.5 Å². The summed E-state index contributed by atoms with van der Waals surface area (Å²) in [6, 6.07) is 14.7. The van der Waals surface area contributed by atoms with Gasteiger partial charge in [0.1, 0.15) is 0 Å². The molecule has 6 nitrogen and oxygen atoms in total. The zero-order chi connectivity index (χ0) is 20.8. The van der Waals surface area contributed by atoms with Gasteiger partial charge in [-0.15, -0.1) is 0 Å². The molecular weight excluding hydrogens is 388 g/mol. The second-order valence-electron chi connectivity index (χ2n) is 6.75. The highest BCUT2D eigenvalue weighted by atomic mass is 35.5. The van der Waals surface area contributed by atoms with Gasteiger partial charge in [0.05, 0.1) is 12.1 Å². The van der Waals surface area contributed by atoms with Crippen molar-refractivity contribution in [2.45, 2.75) is 20.4 Å². The van der Waals surface area contributed by atoms with E-state index in [4.69, 9.17) is 11.6 Å². The quantitative estimate of drug-likeness (QED) is 0.608. The lowest BCUT2D eigenvalue weighted by molar-refractivity contribution is -0.117. The number of aromatic nitrogens is 1. The highest BCUT2D eigenvalue weighted by Gasteiger charge is 2.13. The molecule has 2 aromatic carbocycles. The van der Waals surface area contributed by atoms with Gasteiger partial charge < -0.3 is 10.6 Å². The van der Waals surface area contributed by atoms with Crippen LogP contribution in [0.5, 0.6) is 0 Å². The fraction of sp³-hybridized carbons (Fsp3) is 0.227. The molecule has 3 aromatic rings. The molecule has 0 aliphatic rings. The predicted octanol–water partition coefficient (Wildman–Crippen LogP) is 4.31. The number of hydrogen-bond donors (Lipinski definition) is 2. The Bertz CT molecular complexity index is 1020. The fourth-order valence-corrected chi connectivity index (χ4v) is 3.36. The number of likely N-dealkylation sites (N-methyl/N-ethyl adjacent to an activating group) is 1. The van der Waals surface area contributed by atoms with E-state index in [0.717, 1.165) is 16.5 Å². The molecule has 1 heterocycles. The third kappa shape index (κ3) is 5.76. The lowest BCUT2D eigenvalue weighted by Gasteiger charge is -2.21. The van der Waals surface area contributed by atoms with Gasteiger partial charge in [-0.1, -0.05) is 24.6 Å². The molecule has 7 heteroatoms. The number of halogens is 1. The summed E-state index contributed by atoms with van der Waals surface area (Å²) >= 11 is 6.26. The summed E-state index contributed by atoms with van der Waals surface area (Å²) in [4.78, 5) is 30.1. The summed E-state index contributed by atoms with van der Waals surface area (Å²) in [5, 5.41) is 7.22. The topological polar surface area (TPSA) is 74.3 Å². The number of anilines is 2. The molecular formula is C22H23ClN4O2. The summed E-state index contributed by atoms with van der Waals surface area (Å²) in [7, 11) is 0. The third-order valence-electron chi connectivity index (χ3n) is 4.45. The smallest absolute Gasteiger partial charge is 0.238 e. The summed E-state index contributed by atoms with van der Waals surface area (Å²) in [5.74, 6) is -0.248. The second kappa shape index (κ2) is 9.49. The Kier molecular flexibility index (Phi) is 6.80. The number of carbonyl (C=O) groups is 2.